The number of nitrogens with one attached hydrogen (secondary N) is 1. The minimum absolute atomic E-state index is 0.00755. The number of nitrogens with zero attached hydrogens (tertiary/aromatic N) is 1. The maximum atomic E-state index is 12.5. The Morgan fingerprint density at radius 2 is 2.05 bits per heavy atom. The largest absolute Gasteiger partial charge is 0.434 e. The molecule has 4 nitrogen and oxygen atoms in total. The van der Waals surface area contributed by atoms with E-state index < -0.39 is 12.8 Å². The van der Waals surface area contributed by atoms with Crippen LogP contribution in [0.2, 0.25) is 0 Å². The fourth-order valence-corrected chi connectivity index (χ4v) is 2.48. The van der Waals surface area contributed by atoms with Crippen molar-refractivity contribution in [3.05, 3.63) is 29.8 Å². The highest BCUT2D eigenvalue weighted by Crippen LogP contribution is 2.33. The van der Waals surface area contributed by atoms with Crippen LogP contribution in [0.25, 0.3) is 0 Å². The summed E-state index contributed by atoms with van der Waals surface area (Å²) in [7, 11) is 0. The fraction of sp³-hybridized carbons (Fsp3) is 0.500. The molecule has 0 saturated carbocycles. The number of likely N-dealkylation sites (N-methyl/N-ethyl adjacent to an activating group) is 1. The predicted octanol–water partition coefficient (Wildman–Crippen LogP) is 2.52. The first kappa shape index (κ1) is 14.7. The van der Waals surface area contributed by atoms with Crippen molar-refractivity contribution in [1.29, 1.82) is 0 Å². The van der Waals surface area contributed by atoms with Gasteiger partial charge in [-0.25, -0.2) is 0 Å². The summed E-state index contributed by atoms with van der Waals surface area (Å²) in [5.74, 6) is 0.0925. The Morgan fingerprint density at radius 1 is 1.35 bits per heavy atom. The van der Waals surface area contributed by atoms with Crippen LogP contribution in [0.3, 0.4) is 0 Å². The number of hydrogen-bond donors (Lipinski definition) is 1. The predicted molar refractivity (Wildman–Crippen MR) is 70.4 cm³/mol. The van der Waals surface area contributed by atoms with Gasteiger partial charge in [0.15, 0.2) is 0 Å². The Bertz CT molecular complexity index is 482. The van der Waals surface area contributed by atoms with Crippen LogP contribution in [0, 0.1) is 0 Å². The molecular formula is C14H18F2N2O2. The third-order valence-electron chi connectivity index (χ3n) is 3.43. The first-order valence-electron chi connectivity index (χ1n) is 6.68. The number of carbonyl (C=O) groups is 1. The highest BCUT2D eigenvalue weighted by atomic mass is 19.3. The van der Waals surface area contributed by atoms with Crippen molar-refractivity contribution in [2.24, 2.45) is 0 Å². The number of halogens is 2. The molecule has 1 heterocycles. The number of hydrogen-bond acceptors (Lipinski definition) is 3. The maximum Gasteiger partial charge on any atom is 0.387 e. The van der Waals surface area contributed by atoms with E-state index in [0.717, 1.165) is 0 Å². The van der Waals surface area contributed by atoms with Crippen molar-refractivity contribution < 1.29 is 18.3 Å². The summed E-state index contributed by atoms with van der Waals surface area (Å²) < 4.78 is 29.5. The number of rotatable bonds is 5. The first-order chi connectivity index (χ1) is 9.58. The zero-order chi connectivity index (χ0) is 14.7. The van der Waals surface area contributed by atoms with Gasteiger partial charge in [-0.2, -0.15) is 8.78 Å². The molecule has 1 N–H and O–H groups in total. The van der Waals surface area contributed by atoms with Gasteiger partial charge in [-0.1, -0.05) is 25.1 Å². The highest BCUT2D eigenvalue weighted by Gasteiger charge is 2.38. The van der Waals surface area contributed by atoms with E-state index in [0.29, 0.717) is 18.5 Å². The second-order valence-corrected chi connectivity index (χ2v) is 4.57. The second-order valence-electron chi connectivity index (χ2n) is 4.57. The third-order valence-corrected chi connectivity index (χ3v) is 3.43. The fourth-order valence-electron chi connectivity index (χ4n) is 2.48. The molecule has 2 rings (SSSR count). The van der Waals surface area contributed by atoms with Crippen molar-refractivity contribution in [2.75, 3.05) is 6.54 Å². The number of ether oxygens (including phenoxy) is 1. The molecule has 0 aliphatic carbocycles. The molecular weight excluding hydrogens is 266 g/mol. The minimum Gasteiger partial charge on any atom is -0.434 e. The first-order valence-corrected chi connectivity index (χ1v) is 6.68. The molecule has 20 heavy (non-hydrogen) atoms. The van der Waals surface area contributed by atoms with Gasteiger partial charge in [0.2, 0.25) is 5.91 Å². The minimum atomic E-state index is -2.88. The molecule has 1 saturated heterocycles. The molecule has 2 atom stereocenters. The molecule has 1 fully saturated rings. The molecule has 1 aliphatic heterocycles. The summed E-state index contributed by atoms with van der Waals surface area (Å²) in [6.07, 6.45) is 0.233. The van der Waals surface area contributed by atoms with Crippen LogP contribution in [0.15, 0.2) is 24.3 Å². The van der Waals surface area contributed by atoms with Gasteiger partial charge >= 0.3 is 6.61 Å². The van der Waals surface area contributed by atoms with Crippen LogP contribution in [-0.2, 0) is 4.79 Å². The lowest BCUT2D eigenvalue weighted by Gasteiger charge is -2.24. The quantitative estimate of drug-likeness (QED) is 0.903. The topological polar surface area (TPSA) is 41.6 Å². The summed E-state index contributed by atoms with van der Waals surface area (Å²) in [4.78, 5) is 13.8. The normalized spacial score (nSPS) is 22.6. The van der Waals surface area contributed by atoms with Gasteiger partial charge in [-0.15, -0.1) is 0 Å². The summed E-state index contributed by atoms with van der Waals surface area (Å²) in [5.41, 5.74) is 0.555. The average molecular weight is 284 g/mol. The van der Waals surface area contributed by atoms with Crippen LogP contribution in [-0.4, -0.2) is 30.0 Å². The molecule has 0 aromatic heterocycles. The number of para-hydroxylation sites is 1. The van der Waals surface area contributed by atoms with Crippen LogP contribution in [0.5, 0.6) is 5.75 Å². The zero-order valence-electron chi connectivity index (χ0n) is 11.5. The lowest BCUT2D eigenvalue weighted by molar-refractivity contribution is -0.129. The number of amides is 1. The highest BCUT2D eigenvalue weighted by molar-refractivity contribution is 5.84. The Labute approximate surface area is 116 Å². The van der Waals surface area contributed by atoms with Gasteiger partial charge in [0, 0.05) is 12.1 Å². The second kappa shape index (κ2) is 6.17. The summed E-state index contributed by atoms with van der Waals surface area (Å²) >= 11 is 0. The molecule has 1 aromatic rings. The van der Waals surface area contributed by atoms with Gasteiger partial charge in [-0.3, -0.25) is 10.1 Å². The summed E-state index contributed by atoms with van der Waals surface area (Å²) in [6.45, 7) is 1.40. The Kier molecular flexibility index (Phi) is 4.54. The summed E-state index contributed by atoms with van der Waals surface area (Å²) in [6, 6.07) is 6.28. The van der Waals surface area contributed by atoms with E-state index in [9.17, 15) is 13.6 Å². The van der Waals surface area contributed by atoms with E-state index in [1.54, 1.807) is 23.1 Å². The Hall–Kier alpha value is -1.69. The van der Waals surface area contributed by atoms with Gasteiger partial charge in [0.25, 0.3) is 0 Å². The molecule has 110 valence electrons. The molecule has 0 radical (unpaired) electrons. The Balaban J connectivity index is 2.33. The van der Waals surface area contributed by atoms with E-state index >= 15 is 0 Å². The van der Waals surface area contributed by atoms with Gasteiger partial charge in [0.1, 0.15) is 11.9 Å². The standard InChI is InChI=1S/C14H18F2N2O2/c1-3-10-13(19)18(4-2)12(17-10)9-7-5-6-8-11(9)20-14(15)16/h5-8,10,12,14,17H,3-4H2,1-2H3. The molecule has 6 heteroatoms. The third kappa shape index (κ3) is 2.75. The molecule has 1 aromatic carbocycles. The van der Waals surface area contributed by atoms with Crippen molar-refractivity contribution >= 4 is 5.91 Å². The van der Waals surface area contributed by atoms with Gasteiger partial charge in [0.05, 0.1) is 6.04 Å². The van der Waals surface area contributed by atoms with Crippen LogP contribution in [0.1, 0.15) is 32.0 Å². The summed E-state index contributed by atoms with van der Waals surface area (Å²) in [5, 5.41) is 3.17. The molecule has 0 bridgehead atoms. The van der Waals surface area contributed by atoms with Crippen LogP contribution in [0.4, 0.5) is 8.78 Å². The SMILES string of the molecule is CCC1NC(c2ccccc2OC(F)F)N(CC)C1=O. The Morgan fingerprint density at radius 3 is 2.65 bits per heavy atom. The van der Waals surface area contributed by atoms with Crippen LogP contribution >= 0.6 is 0 Å². The maximum absolute atomic E-state index is 12.5. The lowest BCUT2D eigenvalue weighted by Crippen LogP contribution is -2.30. The van der Waals surface area contributed by atoms with Crippen molar-refractivity contribution in [3.8, 4) is 5.75 Å². The van der Waals surface area contributed by atoms with E-state index in [1.165, 1.54) is 6.07 Å². The molecule has 0 spiro atoms. The molecule has 1 amide bonds. The van der Waals surface area contributed by atoms with E-state index in [-0.39, 0.29) is 17.7 Å². The van der Waals surface area contributed by atoms with Crippen LogP contribution < -0.4 is 10.1 Å². The number of benzene rings is 1. The molecule has 1 aliphatic rings. The molecule has 2 unspecified atom stereocenters. The lowest BCUT2D eigenvalue weighted by atomic mass is 10.1. The number of alkyl halides is 2. The zero-order valence-corrected chi connectivity index (χ0v) is 11.5. The number of carbonyl (C=O) groups excluding carboxylic acids is 1. The van der Waals surface area contributed by atoms with Crippen molar-refractivity contribution in [1.82, 2.24) is 10.2 Å². The van der Waals surface area contributed by atoms with E-state index in [2.05, 4.69) is 10.1 Å². The van der Waals surface area contributed by atoms with Gasteiger partial charge in [-0.05, 0) is 19.4 Å². The van der Waals surface area contributed by atoms with Gasteiger partial charge < -0.3 is 9.64 Å². The average Bonchev–Trinajstić information content (AvgIpc) is 2.74. The van der Waals surface area contributed by atoms with Crippen molar-refractivity contribution in [3.63, 3.8) is 0 Å². The van der Waals surface area contributed by atoms with E-state index in [4.69, 9.17) is 0 Å². The monoisotopic (exact) mass is 284 g/mol. The van der Waals surface area contributed by atoms with Crippen molar-refractivity contribution in [2.45, 2.75) is 39.1 Å². The smallest absolute Gasteiger partial charge is 0.387 e. The van der Waals surface area contributed by atoms with E-state index in [1.807, 2.05) is 13.8 Å².